The third kappa shape index (κ3) is 2.14. The lowest BCUT2D eigenvalue weighted by Crippen LogP contribution is -2.12. The highest BCUT2D eigenvalue weighted by Gasteiger charge is 2.02. The Labute approximate surface area is 99.0 Å². The summed E-state index contributed by atoms with van der Waals surface area (Å²) in [6, 6.07) is 9.81. The molecule has 0 radical (unpaired) electrons. The SMILES string of the molecule is Cc1ccc2cccc(N=C(N)CCl)c2n1. The molecule has 0 amide bonds. The number of hydrogen-bond acceptors (Lipinski definition) is 2. The van der Waals surface area contributed by atoms with Crippen molar-refractivity contribution in [1.82, 2.24) is 4.98 Å². The second-order valence-electron chi connectivity index (χ2n) is 3.54. The molecule has 0 aliphatic rings. The van der Waals surface area contributed by atoms with Gasteiger partial charge >= 0.3 is 0 Å². The largest absolute Gasteiger partial charge is 0.386 e. The van der Waals surface area contributed by atoms with E-state index in [4.69, 9.17) is 17.3 Å². The molecule has 0 saturated carbocycles. The number of halogens is 1. The molecule has 0 saturated heterocycles. The average Bonchev–Trinajstić information content (AvgIpc) is 2.29. The highest BCUT2D eigenvalue weighted by atomic mass is 35.5. The molecule has 1 aromatic heterocycles. The highest BCUT2D eigenvalue weighted by molar-refractivity contribution is 6.28. The zero-order valence-electron chi connectivity index (χ0n) is 8.94. The van der Waals surface area contributed by atoms with Crippen molar-refractivity contribution >= 4 is 34.0 Å². The van der Waals surface area contributed by atoms with Crippen LogP contribution >= 0.6 is 11.6 Å². The monoisotopic (exact) mass is 233 g/mol. The quantitative estimate of drug-likeness (QED) is 0.493. The van der Waals surface area contributed by atoms with Crippen LogP contribution in [0.15, 0.2) is 35.3 Å². The summed E-state index contributed by atoms with van der Waals surface area (Å²) in [5.74, 6) is 0.625. The molecule has 3 nitrogen and oxygen atoms in total. The molecule has 2 N–H and O–H groups in total. The number of nitrogens with zero attached hydrogens (tertiary/aromatic N) is 2. The van der Waals surface area contributed by atoms with E-state index in [-0.39, 0.29) is 5.88 Å². The van der Waals surface area contributed by atoms with Crippen molar-refractivity contribution in [3.8, 4) is 0 Å². The van der Waals surface area contributed by atoms with Crippen molar-refractivity contribution in [3.05, 3.63) is 36.0 Å². The van der Waals surface area contributed by atoms with Gasteiger partial charge in [0, 0.05) is 11.1 Å². The molecular weight excluding hydrogens is 222 g/mol. The molecule has 0 atom stereocenters. The first-order valence-corrected chi connectivity index (χ1v) is 5.49. The topological polar surface area (TPSA) is 51.3 Å². The summed E-state index contributed by atoms with van der Waals surface area (Å²) in [6.07, 6.45) is 0. The number of fused-ring (bicyclic) bond motifs is 1. The van der Waals surface area contributed by atoms with Crippen LogP contribution in [0.4, 0.5) is 5.69 Å². The Balaban J connectivity index is 2.65. The maximum absolute atomic E-state index is 5.62. The van der Waals surface area contributed by atoms with E-state index in [2.05, 4.69) is 9.98 Å². The van der Waals surface area contributed by atoms with Crippen LogP contribution in [0.2, 0.25) is 0 Å². The van der Waals surface area contributed by atoms with E-state index in [0.717, 1.165) is 22.3 Å². The fraction of sp³-hybridized carbons (Fsp3) is 0.167. The predicted molar refractivity (Wildman–Crippen MR) is 68.5 cm³/mol. The van der Waals surface area contributed by atoms with Crippen LogP contribution in [0.3, 0.4) is 0 Å². The molecule has 1 aromatic carbocycles. The summed E-state index contributed by atoms with van der Waals surface area (Å²) in [5, 5.41) is 1.05. The number of para-hydroxylation sites is 1. The van der Waals surface area contributed by atoms with Crippen molar-refractivity contribution in [1.29, 1.82) is 0 Å². The summed E-state index contributed by atoms with van der Waals surface area (Å²) in [6.45, 7) is 1.95. The third-order valence-electron chi connectivity index (χ3n) is 2.24. The molecule has 0 fully saturated rings. The number of nitrogens with two attached hydrogens (primary N) is 1. The smallest absolute Gasteiger partial charge is 0.115 e. The molecule has 2 aromatic rings. The Morgan fingerprint density at radius 1 is 1.38 bits per heavy atom. The number of alkyl halides is 1. The summed E-state index contributed by atoms with van der Waals surface area (Å²) in [7, 11) is 0. The van der Waals surface area contributed by atoms with Gasteiger partial charge in [-0.05, 0) is 19.1 Å². The second kappa shape index (κ2) is 4.49. The first-order valence-electron chi connectivity index (χ1n) is 4.96. The number of aliphatic imine (C=N–C) groups is 1. The van der Waals surface area contributed by atoms with Gasteiger partial charge in [0.25, 0.3) is 0 Å². The van der Waals surface area contributed by atoms with Gasteiger partial charge in [-0.25, -0.2) is 4.99 Å². The van der Waals surface area contributed by atoms with Crippen LogP contribution < -0.4 is 5.73 Å². The van der Waals surface area contributed by atoms with Crippen molar-refractivity contribution in [2.75, 3.05) is 5.88 Å². The Kier molecular flexibility index (Phi) is 3.06. The van der Waals surface area contributed by atoms with Crippen LogP contribution in [-0.2, 0) is 0 Å². The average molecular weight is 234 g/mol. The molecule has 4 heteroatoms. The van der Waals surface area contributed by atoms with E-state index in [1.165, 1.54) is 0 Å². The molecule has 16 heavy (non-hydrogen) atoms. The van der Waals surface area contributed by atoms with Crippen molar-refractivity contribution in [2.24, 2.45) is 10.7 Å². The number of amidine groups is 1. The standard InChI is InChI=1S/C12H12ClN3/c1-8-5-6-9-3-2-4-10(12(9)15-8)16-11(14)7-13/h2-6H,7H2,1H3,(H2,14,16). The first kappa shape index (κ1) is 10.9. The molecular formula is C12H12ClN3. The number of pyridine rings is 1. The van der Waals surface area contributed by atoms with Gasteiger partial charge in [0.05, 0.1) is 17.1 Å². The number of aromatic nitrogens is 1. The lowest BCUT2D eigenvalue weighted by molar-refractivity contribution is 1.25. The van der Waals surface area contributed by atoms with Crippen LogP contribution in [0.1, 0.15) is 5.69 Å². The molecule has 0 unspecified atom stereocenters. The number of rotatable bonds is 2. The fourth-order valence-corrected chi connectivity index (χ4v) is 1.56. The maximum atomic E-state index is 5.62. The molecule has 82 valence electrons. The van der Waals surface area contributed by atoms with Crippen LogP contribution in [0.5, 0.6) is 0 Å². The minimum atomic E-state index is 0.224. The van der Waals surface area contributed by atoms with Crippen LogP contribution in [-0.4, -0.2) is 16.7 Å². The minimum Gasteiger partial charge on any atom is -0.386 e. The second-order valence-corrected chi connectivity index (χ2v) is 3.81. The van der Waals surface area contributed by atoms with E-state index in [9.17, 15) is 0 Å². The van der Waals surface area contributed by atoms with E-state index >= 15 is 0 Å². The van der Waals surface area contributed by atoms with Gasteiger partial charge in [-0.2, -0.15) is 0 Å². The van der Waals surface area contributed by atoms with Crippen molar-refractivity contribution < 1.29 is 0 Å². The number of benzene rings is 1. The summed E-state index contributed by atoms with van der Waals surface area (Å²) < 4.78 is 0. The fourth-order valence-electron chi connectivity index (χ4n) is 1.50. The summed E-state index contributed by atoms with van der Waals surface area (Å²) >= 11 is 5.61. The summed E-state index contributed by atoms with van der Waals surface area (Å²) in [4.78, 5) is 8.70. The summed E-state index contributed by atoms with van der Waals surface area (Å²) in [5.41, 5.74) is 8.20. The van der Waals surface area contributed by atoms with Crippen molar-refractivity contribution in [3.63, 3.8) is 0 Å². The highest BCUT2D eigenvalue weighted by Crippen LogP contribution is 2.24. The third-order valence-corrected chi connectivity index (χ3v) is 2.51. The molecule has 0 spiro atoms. The lowest BCUT2D eigenvalue weighted by Gasteiger charge is -2.03. The van der Waals surface area contributed by atoms with E-state index in [1.807, 2.05) is 37.3 Å². The number of hydrogen-bond donors (Lipinski definition) is 1. The molecule has 2 rings (SSSR count). The zero-order valence-corrected chi connectivity index (χ0v) is 9.70. The van der Waals surface area contributed by atoms with Crippen LogP contribution in [0.25, 0.3) is 10.9 Å². The van der Waals surface area contributed by atoms with Gasteiger partial charge in [0.1, 0.15) is 5.84 Å². The molecule has 0 aliphatic heterocycles. The van der Waals surface area contributed by atoms with Crippen molar-refractivity contribution in [2.45, 2.75) is 6.92 Å². The molecule has 1 heterocycles. The Bertz CT molecular complexity index is 549. The predicted octanol–water partition coefficient (Wildman–Crippen LogP) is 2.77. The molecule has 0 bridgehead atoms. The van der Waals surface area contributed by atoms with Gasteiger partial charge in [-0.1, -0.05) is 18.2 Å². The van der Waals surface area contributed by atoms with E-state index in [1.54, 1.807) is 0 Å². The Morgan fingerprint density at radius 3 is 2.94 bits per heavy atom. The lowest BCUT2D eigenvalue weighted by atomic mass is 10.2. The first-order chi connectivity index (χ1) is 7.70. The van der Waals surface area contributed by atoms with Gasteiger partial charge in [0.15, 0.2) is 0 Å². The molecule has 0 aliphatic carbocycles. The number of aryl methyl sites for hydroxylation is 1. The Morgan fingerprint density at radius 2 is 2.19 bits per heavy atom. The Hall–Kier alpha value is -1.61. The van der Waals surface area contributed by atoms with E-state index in [0.29, 0.717) is 5.84 Å². The van der Waals surface area contributed by atoms with Gasteiger partial charge < -0.3 is 5.73 Å². The zero-order chi connectivity index (χ0) is 11.5. The van der Waals surface area contributed by atoms with Gasteiger partial charge in [-0.15, -0.1) is 11.6 Å². The van der Waals surface area contributed by atoms with E-state index < -0.39 is 0 Å². The van der Waals surface area contributed by atoms with Gasteiger partial charge in [-0.3, -0.25) is 4.98 Å². The minimum absolute atomic E-state index is 0.224. The maximum Gasteiger partial charge on any atom is 0.115 e. The van der Waals surface area contributed by atoms with Crippen LogP contribution in [0, 0.1) is 6.92 Å². The van der Waals surface area contributed by atoms with Gasteiger partial charge in [0.2, 0.25) is 0 Å². The normalized spacial score (nSPS) is 12.0.